The highest BCUT2D eigenvalue weighted by Crippen LogP contribution is 2.26. The number of hydrogen-bond acceptors (Lipinski definition) is 5. The first kappa shape index (κ1) is 18.5. The molecule has 0 amide bonds. The number of hydrogen-bond donors (Lipinski definition) is 1. The van der Waals surface area contributed by atoms with Crippen LogP contribution >= 0.6 is 0 Å². The van der Waals surface area contributed by atoms with Crippen molar-refractivity contribution in [2.75, 3.05) is 17.3 Å². The van der Waals surface area contributed by atoms with Crippen molar-refractivity contribution in [2.45, 2.75) is 6.54 Å². The highest BCUT2D eigenvalue weighted by Gasteiger charge is 2.13. The minimum Gasteiger partial charge on any atom is -0.497 e. The lowest BCUT2D eigenvalue weighted by atomic mass is 10.2. The Hall–Kier alpha value is -3.86. The van der Waals surface area contributed by atoms with Gasteiger partial charge in [-0.25, -0.2) is 4.98 Å². The number of ether oxygens (including phenoxy) is 1. The molecule has 0 aliphatic rings. The summed E-state index contributed by atoms with van der Waals surface area (Å²) in [6.07, 6.45) is 1.77. The van der Waals surface area contributed by atoms with Gasteiger partial charge in [-0.05, 0) is 35.9 Å². The van der Waals surface area contributed by atoms with Crippen molar-refractivity contribution < 1.29 is 4.74 Å². The maximum atomic E-state index is 5.30. The maximum absolute atomic E-state index is 5.30. The molecule has 0 fully saturated rings. The summed E-state index contributed by atoms with van der Waals surface area (Å²) in [7, 11) is 1.66. The van der Waals surface area contributed by atoms with E-state index in [4.69, 9.17) is 9.72 Å². The Morgan fingerprint density at radius 1 is 0.862 bits per heavy atom. The van der Waals surface area contributed by atoms with Crippen LogP contribution in [0.3, 0.4) is 0 Å². The van der Waals surface area contributed by atoms with Gasteiger partial charge in [0.2, 0.25) is 5.95 Å². The Labute approximate surface area is 170 Å². The zero-order valence-corrected chi connectivity index (χ0v) is 16.2. The fourth-order valence-electron chi connectivity index (χ4n) is 3.05. The number of nitrogens with one attached hydrogen (secondary N) is 1. The highest BCUT2D eigenvalue weighted by atomic mass is 16.5. The first-order valence-corrected chi connectivity index (χ1v) is 9.42. The molecule has 1 heterocycles. The van der Waals surface area contributed by atoms with Crippen LogP contribution in [0, 0.1) is 0 Å². The second kappa shape index (κ2) is 8.89. The average molecular weight is 382 g/mol. The van der Waals surface area contributed by atoms with Crippen molar-refractivity contribution >= 4 is 23.1 Å². The zero-order valence-electron chi connectivity index (χ0n) is 16.2. The molecular formula is C24H22N4O. The first-order valence-electron chi connectivity index (χ1n) is 9.42. The third-order valence-electron chi connectivity index (χ3n) is 4.48. The van der Waals surface area contributed by atoms with E-state index in [1.807, 2.05) is 66.7 Å². The standard InChI is InChI=1S/C24H22N4O/c1-29-22-14-8-11-20(17-22)26-23-15-16-25-24(27-23)28(21-12-6-3-7-13-21)18-19-9-4-2-5-10-19/h2-17H,18H2,1H3,(H,25,26,27). The third-order valence-corrected chi connectivity index (χ3v) is 4.48. The molecule has 144 valence electrons. The summed E-state index contributed by atoms with van der Waals surface area (Å²) in [6.45, 7) is 0.674. The Morgan fingerprint density at radius 2 is 1.62 bits per heavy atom. The van der Waals surface area contributed by atoms with Crippen molar-refractivity contribution in [2.24, 2.45) is 0 Å². The molecule has 0 radical (unpaired) electrons. The summed E-state index contributed by atoms with van der Waals surface area (Å²) in [6, 6.07) is 30.1. The fraction of sp³-hybridized carbons (Fsp3) is 0.0833. The minimum atomic E-state index is 0.632. The van der Waals surface area contributed by atoms with Gasteiger partial charge in [-0.1, -0.05) is 54.6 Å². The second-order valence-electron chi connectivity index (χ2n) is 6.51. The molecule has 1 aromatic heterocycles. The van der Waals surface area contributed by atoms with Crippen LogP contribution in [0.5, 0.6) is 5.75 Å². The van der Waals surface area contributed by atoms with Crippen LogP contribution in [-0.2, 0) is 6.54 Å². The summed E-state index contributed by atoms with van der Waals surface area (Å²) in [5.74, 6) is 2.14. The molecule has 5 nitrogen and oxygen atoms in total. The van der Waals surface area contributed by atoms with E-state index in [1.54, 1.807) is 13.3 Å². The third kappa shape index (κ3) is 4.71. The summed E-state index contributed by atoms with van der Waals surface area (Å²) < 4.78 is 5.30. The molecule has 3 aromatic carbocycles. The summed E-state index contributed by atoms with van der Waals surface area (Å²) in [5.41, 5.74) is 3.13. The molecule has 4 aromatic rings. The van der Waals surface area contributed by atoms with E-state index in [0.717, 1.165) is 22.9 Å². The number of rotatable bonds is 7. The first-order chi connectivity index (χ1) is 14.3. The monoisotopic (exact) mass is 382 g/mol. The van der Waals surface area contributed by atoms with Gasteiger partial charge >= 0.3 is 0 Å². The highest BCUT2D eigenvalue weighted by molar-refractivity contribution is 5.62. The lowest BCUT2D eigenvalue weighted by Gasteiger charge is -2.23. The van der Waals surface area contributed by atoms with Crippen LogP contribution in [-0.4, -0.2) is 17.1 Å². The molecule has 29 heavy (non-hydrogen) atoms. The van der Waals surface area contributed by atoms with Gasteiger partial charge in [0, 0.05) is 23.6 Å². The van der Waals surface area contributed by atoms with Crippen LogP contribution in [0.25, 0.3) is 0 Å². The van der Waals surface area contributed by atoms with Crippen molar-refractivity contribution in [1.82, 2.24) is 9.97 Å². The van der Waals surface area contributed by atoms with Gasteiger partial charge in [-0.15, -0.1) is 0 Å². The van der Waals surface area contributed by atoms with Crippen LogP contribution in [0.4, 0.5) is 23.1 Å². The van der Waals surface area contributed by atoms with Crippen LogP contribution in [0.15, 0.2) is 97.2 Å². The quantitative estimate of drug-likeness (QED) is 0.453. The topological polar surface area (TPSA) is 50.3 Å². The minimum absolute atomic E-state index is 0.632. The summed E-state index contributed by atoms with van der Waals surface area (Å²) in [5, 5.41) is 3.33. The summed E-state index contributed by atoms with van der Waals surface area (Å²) >= 11 is 0. The molecule has 5 heteroatoms. The van der Waals surface area contributed by atoms with E-state index in [-0.39, 0.29) is 0 Å². The molecule has 0 saturated heterocycles. The van der Waals surface area contributed by atoms with E-state index in [2.05, 4.69) is 39.5 Å². The molecule has 0 aliphatic carbocycles. The van der Waals surface area contributed by atoms with E-state index in [1.165, 1.54) is 5.56 Å². The van der Waals surface area contributed by atoms with Gasteiger partial charge in [0.25, 0.3) is 0 Å². The van der Waals surface area contributed by atoms with Crippen LogP contribution in [0.2, 0.25) is 0 Å². The van der Waals surface area contributed by atoms with Crippen molar-refractivity contribution in [3.05, 3.63) is 103 Å². The number of anilines is 4. The van der Waals surface area contributed by atoms with Crippen molar-refractivity contribution in [3.8, 4) is 5.75 Å². The average Bonchev–Trinajstić information content (AvgIpc) is 2.79. The normalized spacial score (nSPS) is 10.4. The predicted octanol–water partition coefficient (Wildman–Crippen LogP) is 5.57. The summed E-state index contributed by atoms with van der Waals surface area (Å²) in [4.78, 5) is 11.4. The van der Waals surface area contributed by atoms with Crippen LogP contribution < -0.4 is 15.0 Å². The molecule has 0 bridgehead atoms. The molecule has 4 rings (SSSR count). The SMILES string of the molecule is COc1cccc(Nc2ccnc(N(Cc3ccccc3)c3ccccc3)n2)c1. The second-order valence-corrected chi connectivity index (χ2v) is 6.51. The molecular weight excluding hydrogens is 360 g/mol. The van der Waals surface area contributed by atoms with Crippen molar-refractivity contribution in [1.29, 1.82) is 0 Å². The number of benzene rings is 3. The lowest BCUT2D eigenvalue weighted by Crippen LogP contribution is -2.19. The Balaban J connectivity index is 1.65. The van der Waals surface area contributed by atoms with Gasteiger partial charge in [0.05, 0.1) is 13.7 Å². The Kier molecular flexibility index (Phi) is 5.67. The van der Waals surface area contributed by atoms with Gasteiger partial charge in [0.15, 0.2) is 0 Å². The Bertz CT molecular complexity index is 1050. The van der Waals surface area contributed by atoms with Gasteiger partial charge in [-0.3, -0.25) is 0 Å². The fourth-order valence-corrected chi connectivity index (χ4v) is 3.05. The molecule has 0 spiro atoms. The van der Waals surface area contributed by atoms with E-state index < -0.39 is 0 Å². The number of methoxy groups -OCH3 is 1. The van der Waals surface area contributed by atoms with Crippen molar-refractivity contribution in [3.63, 3.8) is 0 Å². The van der Waals surface area contributed by atoms with Gasteiger partial charge in [0.1, 0.15) is 11.6 Å². The maximum Gasteiger partial charge on any atom is 0.232 e. The van der Waals surface area contributed by atoms with Gasteiger partial charge in [-0.2, -0.15) is 4.98 Å². The number of nitrogens with zero attached hydrogens (tertiary/aromatic N) is 3. The largest absolute Gasteiger partial charge is 0.497 e. The number of para-hydroxylation sites is 1. The predicted molar refractivity (Wildman–Crippen MR) is 117 cm³/mol. The van der Waals surface area contributed by atoms with Gasteiger partial charge < -0.3 is 15.0 Å². The van der Waals surface area contributed by atoms with E-state index in [0.29, 0.717) is 12.5 Å². The molecule has 0 saturated carbocycles. The zero-order chi connectivity index (χ0) is 19.9. The molecule has 0 aliphatic heterocycles. The smallest absolute Gasteiger partial charge is 0.232 e. The van der Waals surface area contributed by atoms with E-state index >= 15 is 0 Å². The molecule has 0 unspecified atom stereocenters. The van der Waals surface area contributed by atoms with E-state index in [9.17, 15) is 0 Å². The van der Waals surface area contributed by atoms with Crippen LogP contribution in [0.1, 0.15) is 5.56 Å². The molecule has 0 atom stereocenters. The Morgan fingerprint density at radius 3 is 2.38 bits per heavy atom. The lowest BCUT2D eigenvalue weighted by molar-refractivity contribution is 0.415. The number of aromatic nitrogens is 2. The molecule has 1 N–H and O–H groups in total.